The molecule has 0 N–H and O–H groups in total. The smallest absolute Gasteiger partial charge is 0.300 e. The third kappa shape index (κ3) is 11.2. The molecule has 0 fully saturated rings. The van der Waals surface area contributed by atoms with Crippen LogP contribution in [0.3, 0.4) is 0 Å². The molecule has 0 atom stereocenters. The fourth-order valence-corrected chi connectivity index (χ4v) is 1.06. The van der Waals surface area contributed by atoms with Gasteiger partial charge in [0, 0.05) is 25.7 Å². The predicted octanol–water partition coefficient (Wildman–Crippen LogP) is 3.72. The lowest BCUT2D eigenvalue weighted by Crippen LogP contribution is -2.08. The van der Waals surface area contributed by atoms with Crippen LogP contribution in [0.4, 0.5) is 22.0 Å². The van der Waals surface area contributed by atoms with E-state index >= 15 is 0 Å². The molecule has 1 nitrogen and oxygen atoms in total. The maximum Gasteiger partial charge on any atom is 0.389 e. The van der Waals surface area contributed by atoms with Gasteiger partial charge < -0.3 is 0 Å². The minimum atomic E-state index is -4.25. The van der Waals surface area contributed by atoms with E-state index in [1.807, 2.05) is 0 Å². The van der Waals surface area contributed by atoms with Crippen LogP contribution in [0.25, 0.3) is 0 Å². The number of hydrogen-bond donors (Lipinski definition) is 0. The van der Waals surface area contributed by atoms with Crippen molar-refractivity contribution < 1.29 is 26.7 Å². The Bertz CT molecular complexity index is 187. The molecule has 0 radical (unpaired) electrons. The predicted molar refractivity (Wildman–Crippen MR) is 44.8 cm³/mol. The first-order valence-electron chi connectivity index (χ1n) is 4.68. The molecular formula is C9H13F5O. The number of Topliss-reactive ketones (excluding diaryl/α,β-unsaturated/α-hetero) is 1. The molecule has 0 bridgehead atoms. The molecule has 0 amide bonds. The maximum atomic E-state index is 11.7. The van der Waals surface area contributed by atoms with Gasteiger partial charge in [0.25, 0.3) is 0 Å². The highest BCUT2D eigenvalue weighted by molar-refractivity contribution is 5.78. The molecule has 0 spiro atoms. The number of carbonyl (C=O) groups excluding carboxylic acids is 1. The third-order valence-electron chi connectivity index (χ3n) is 1.79. The minimum Gasteiger partial charge on any atom is -0.300 e. The second-order valence-electron chi connectivity index (χ2n) is 3.29. The molecule has 0 aromatic rings. The lowest BCUT2D eigenvalue weighted by molar-refractivity contribution is -0.137. The fourth-order valence-electron chi connectivity index (χ4n) is 1.06. The summed E-state index contributed by atoms with van der Waals surface area (Å²) in [7, 11) is 0. The summed E-state index contributed by atoms with van der Waals surface area (Å²) in [6, 6.07) is 0. The summed E-state index contributed by atoms with van der Waals surface area (Å²) in [5.74, 6) is -0.375. The van der Waals surface area contributed by atoms with Crippen LogP contribution in [0.1, 0.15) is 38.5 Å². The highest BCUT2D eigenvalue weighted by atomic mass is 19.4. The molecule has 90 valence electrons. The van der Waals surface area contributed by atoms with Gasteiger partial charge in [-0.15, -0.1) is 0 Å². The zero-order valence-corrected chi connectivity index (χ0v) is 8.12. The Labute approximate surface area is 84.6 Å². The van der Waals surface area contributed by atoms with Crippen molar-refractivity contribution in [2.75, 3.05) is 0 Å². The Balaban J connectivity index is 3.42. The van der Waals surface area contributed by atoms with Crippen molar-refractivity contribution >= 4 is 5.78 Å². The summed E-state index contributed by atoms with van der Waals surface area (Å²) in [5.41, 5.74) is 0. The Morgan fingerprint density at radius 1 is 1.07 bits per heavy atom. The van der Waals surface area contributed by atoms with Crippen LogP contribution >= 0.6 is 0 Å². The molecule has 15 heavy (non-hydrogen) atoms. The lowest BCUT2D eigenvalue weighted by Gasteiger charge is -2.05. The second kappa shape index (κ2) is 6.74. The van der Waals surface area contributed by atoms with E-state index < -0.39 is 19.0 Å². The van der Waals surface area contributed by atoms with Crippen molar-refractivity contribution in [2.24, 2.45) is 0 Å². The van der Waals surface area contributed by atoms with E-state index in [0.717, 1.165) is 0 Å². The SMILES string of the molecule is O=C(CCCC(F)F)CCCC(F)(F)F. The molecule has 0 aromatic carbocycles. The number of alkyl halides is 5. The van der Waals surface area contributed by atoms with Crippen LogP contribution in [-0.4, -0.2) is 18.4 Å². The van der Waals surface area contributed by atoms with Crippen LogP contribution in [0.15, 0.2) is 0 Å². The summed E-state index contributed by atoms with van der Waals surface area (Å²) < 4.78 is 58.2. The van der Waals surface area contributed by atoms with Gasteiger partial charge in [0.05, 0.1) is 0 Å². The maximum absolute atomic E-state index is 11.7. The quantitative estimate of drug-likeness (QED) is 0.611. The third-order valence-corrected chi connectivity index (χ3v) is 1.79. The Kier molecular flexibility index (Phi) is 6.43. The highest BCUT2D eigenvalue weighted by Crippen LogP contribution is 2.22. The zero-order valence-electron chi connectivity index (χ0n) is 8.12. The summed E-state index contributed by atoms with van der Waals surface area (Å²) in [6.07, 6.45) is -8.50. The largest absolute Gasteiger partial charge is 0.389 e. The second-order valence-corrected chi connectivity index (χ2v) is 3.29. The van der Waals surface area contributed by atoms with Crippen molar-refractivity contribution in [3.05, 3.63) is 0 Å². The van der Waals surface area contributed by atoms with Gasteiger partial charge in [-0.25, -0.2) is 8.78 Å². The van der Waals surface area contributed by atoms with E-state index in [2.05, 4.69) is 0 Å². The van der Waals surface area contributed by atoms with Gasteiger partial charge in [-0.1, -0.05) is 0 Å². The van der Waals surface area contributed by atoms with Crippen molar-refractivity contribution in [2.45, 2.75) is 51.1 Å². The van der Waals surface area contributed by atoms with Crippen LogP contribution in [-0.2, 0) is 4.79 Å². The van der Waals surface area contributed by atoms with Gasteiger partial charge in [-0.3, -0.25) is 4.79 Å². The zero-order chi connectivity index (χ0) is 11.9. The Morgan fingerprint density at radius 2 is 1.60 bits per heavy atom. The number of carbonyl (C=O) groups is 1. The van der Waals surface area contributed by atoms with Crippen LogP contribution in [0.5, 0.6) is 0 Å². The van der Waals surface area contributed by atoms with E-state index in [9.17, 15) is 26.7 Å². The summed E-state index contributed by atoms with van der Waals surface area (Å²) >= 11 is 0. The van der Waals surface area contributed by atoms with Gasteiger partial charge in [-0.2, -0.15) is 13.2 Å². The highest BCUT2D eigenvalue weighted by Gasteiger charge is 2.26. The molecule has 0 aliphatic rings. The molecule has 0 aromatic heterocycles. The summed E-state index contributed by atoms with van der Waals surface area (Å²) in [5, 5.41) is 0. The molecule has 0 aliphatic carbocycles. The average molecular weight is 232 g/mol. The van der Waals surface area contributed by atoms with Crippen LogP contribution in [0.2, 0.25) is 0 Å². The van der Waals surface area contributed by atoms with Gasteiger partial charge in [0.2, 0.25) is 6.43 Å². The van der Waals surface area contributed by atoms with E-state index in [-0.39, 0.29) is 37.9 Å². The Hall–Kier alpha value is -0.680. The molecule has 6 heteroatoms. The van der Waals surface area contributed by atoms with E-state index in [0.29, 0.717) is 0 Å². The van der Waals surface area contributed by atoms with Gasteiger partial charge in [0.1, 0.15) is 5.78 Å². The van der Waals surface area contributed by atoms with Crippen LogP contribution < -0.4 is 0 Å². The molecular weight excluding hydrogens is 219 g/mol. The first-order valence-corrected chi connectivity index (χ1v) is 4.68. The standard InChI is InChI=1S/C9H13F5O/c10-8(11)5-1-3-7(15)4-2-6-9(12,13)14/h8H,1-6H2. The minimum absolute atomic E-state index is 0.0442. The number of hydrogen-bond acceptors (Lipinski definition) is 1. The monoisotopic (exact) mass is 232 g/mol. The lowest BCUT2D eigenvalue weighted by atomic mass is 10.1. The molecule has 0 unspecified atom stereocenters. The van der Waals surface area contributed by atoms with Crippen molar-refractivity contribution in [3.8, 4) is 0 Å². The van der Waals surface area contributed by atoms with Gasteiger partial charge in [-0.05, 0) is 12.8 Å². The van der Waals surface area contributed by atoms with Gasteiger partial charge in [0.15, 0.2) is 0 Å². The topological polar surface area (TPSA) is 17.1 Å². The average Bonchev–Trinajstić information content (AvgIpc) is 2.00. The van der Waals surface area contributed by atoms with Crippen molar-refractivity contribution in [1.82, 2.24) is 0 Å². The molecule has 0 heterocycles. The summed E-state index contributed by atoms with van der Waals surface area (Å²) in [4.78, 5) is 10.9. The van der Waals surface area contributed by atoms with E-state index in [1.54, 1.807) is 0 Å². The number of halogens is 5. The van der Waals surface area contributed by atoms with Crippen LogP contribution in [0, 0.1) is 0 Å². The number of ketones is 1. The first kappa shape index (κ1) is 14.3. The Morgan fingerprint density at radius 3 is 2.07 bits per heavy atom. The van der Waals surface area contributed by atoms with Crippen molar-refractivity contribution in [1.29, 1.82) is 0 Å². The normalized spacial score (nSPS) is 12.1. The van der Waals surface area contributed by atoms with Crippen molar-refractivity contribution in [3.63, 3.8) is 0 Å². The molecule has 0 saturated carbocycles. The molecule has 0 aliphatic heterocycles. The summed E-state index contributed by atoms with van der Waals surface area (Å²) in [6.45, 7) is 0. The fraction of sp³-hybridized carbons (Fsp3) is 0.889. The van der Waals surface area contributed by atoms with E-state index in [4.69, 9.17) is 0 Å². The number of rotatable bonds is 7. The molecule has 0 rings (SSSR count). The molecule has 0 saturated heterocycles. The van der Waals surface area contributed by atoms with Gasteiger partial charge >= 0.3 is 6.18 Å². The first-order chi connectivity index (χ1) is 6.81. The van der Waals surface area contributed by atoms with E-state index in [1.165, 1.54) is 0 Å².